The summed E-state index contributed by atoms with van der Waals surface area (Å²) < 4.78 is 0. The molecule has 0 bridgehead atoms. The van der Waals surface area contributed by atoms with E-state index in [1.165, 1.54) is 6.92 Å². The van der Waals surface area contributed by atoms with Crippen molar-refractivity contribution in [1.29, 1.82) is 0 Å². The molecule has 1 aliphatic rings. The molecule has 2 atom stereocenters. The Morgan fingerprint density at radius 1 is 1.21 bits per heavy atom. The highest BCUT2D eigenvalue weighted by atomic mass is 16.4. The Hall–Kier alpha value is -1.59. The van der Waals surface area contributed by atoms with Crippen LogP contribution in [0.25, 0.3) is 0 Å². The highest BCUT2D eigenvalue weighted by Crippen LogP contribution is 2.19. The fourth-order valence-electron chi connectivity index (χ4n) is 2.17. The van der Waals surface area contributed by atoms with Crippen LogP contribution in [0.4, 0.5) is 0 Å². The third-order valence-electron chi connectivity index (χ3n) is 3.31. The van der Waals surface area contributed by atoms with Crippen LogP contribution in [-0.4, -0.2) is 46.4 Å². The Bertz CT molecular complexity index is 368. The second-order valence-electron chi connectivity index (χ2n) is 5.27. The third-order valence-corrected chi connectivity index (χ3v) is 3.31. The lowest BCUT2D eigenvalue weighted by Gasteiger charge is -2.36. The van der Waals surface area contributed by atoms with Gasteiger partial charge in [-0.2, -0.15) is 0 Å². The number of piperidine rings is 1. The van der Waals surface area contributed by atoms with E-state index in [-0.39, 0.29) is 17.7 Å². The Balaban J connectivity index is 2.74. The smallest absolute Gasteiger partial charge is 0.325 e. The number of carboxylic acids is 1. The Morgan fingerprint density at radius 2 is 1.84 bits per heavy atom. The van der Waals surface area contributed by atoms with E-state index in [2.05, 4.69) is 5.32 Å². The molecule has 2 amide bonds. The lowest BCUT2D eigenvalue weighted by atomic mass is 9.99. The van der Waals surface area contributed by atoms with E-state index < -0.39 is 18.1 Å². The van der Waals surface area contributed by atoms with E-state index in [1.807, 2.05) is 0 Å². The van der Waals surface area contributed by atoms with Crippen molar-refractivity contribution in [2.75, 3.05) is 6.54 Å². The standard InChI is InChI=1S/C13H22N2O4/c1-8(2)12(17)15-7-5-4-6-10(15)11(16)14-9(3)13(18)19/h8-10H,4-7H2,1-3H3,(H,14,16)(H,18,19)/t9-,10?/m0/s1. The van der Waals surface area contributed by atoms with Crippen molar-refractivity contribution in [2.24, 2.45) is 5.92 Å². The molecule has 1 unspecified atom stereocenters. The third kappa shape index (κ3) is 3.94. The molecule has 1 rings (SSSR count). The molecule has 0 aromatic carbocycles. The molecule has 1 fully saturated rings. The molecule has 1 aliphatic heterocycles. The second-order valence-corrected chi connectivity index (χ2v) is 5.27. The van der Waals surface area contributed by atoms with Crippen LogP contribution in [0, 0.1) is 5.92 Å². The number of aliphatic carboxylic acids is 1. The lowest BCUT2D eigenvalue weighted by molar-refractivity contribution is -0.146. The zero-order valence-corrected chi connectivity index (χ0v) is 11.7. The van der Waals surface area contributed by atoms with Crippen LogP contribution >= 0.6 is 0 Å². The van der Waals surface area contributed by atoms with Gasteiger partial charge in [-0.1, -0.05) is 13.8 Å². The summed E-state index contributed by atoms with van der Waals surface area (Å²) in [5, 5.41) is 11.2. The minimum absolute atomic E-state index is 0.0529. The number of likely N-dealkylation sites (tertiary alicyclic amines) is 1. The van der Waals surface area contributed by atoms with Gasteiger partial charge < -0.3 is 15.3 Å². The molecule has 6 nitrogen and oxygen atoms in total. The van der Waals surface area contributed by atoms with Crippen LogP contribution in [0.2, 0.25) is 0 Å². The van der Waals surface area contributed by atoms with Crippen molar-refractivity contribution < 1.29 is 19.5 Å². The molecule has 0 radical (unpaired) electrons. The Morgan fingerprint density at radius 3 is 2.37 bits per heavy atom. The quantitative estimate of drug-likeness (QED) is 0.783. The van der Waals surface area contributed by atoms with E-state index in [9.17, 15) is 14.4 Å². The van der Waals surface area contributed by atoms with Gasteiger partial charge in [0, 0.05) is 12.5 Å². The van der Waals surface area contributed by atoms with Crippen molar-refractivity contribution in [2.45, 2.75) is 52.1 Å². The monoisotopic (exact) mass is 270 g/mol. The van der Waals surface area contributed by atoms with Gasteiger partial charge in [0.25, 0.3) is 0 Å². The normalized spacial score (nSPS) is 21.1. The molecule has 0 spiro atoms. The maximum absolute atomic E-state index is 12.1. The summed E-state index contributed by atoms with van der Waals surface area (Å²) in [4.78, 5) is 36.5. The molecule has 2 N–H and O–H groups in total. The van der Waals surface area contributed by atoms with Gasteiger partial charge in [0.05, 0.1) is 0 Å². The summed E-state index contributed by atoms with van der Waals surface area (Å²) in [6, 6.07) is -1.48. The minimum atomic E-state index is -1.08. The average molecular weight is 270 g/mol. The van der Waals surface area contributed by atoms with Crippen molar-refractivity contribution in [1.82, 2.24) is 10.2 Å². The zero-order valence-electron chi connectivity index (χ0n) is 11.7. The largest absolute Gasteiger partial charge is 0.480 e. The molecule has 6 heteroatoms. The lowest BCUT2D eigenvalue weighted by Crippen LogP contribution is -2.55. The number of carbonyl (C=O) groups is 3. The summed E-state index contributed by atoms with van der Waals surface area (Å²) in [6.45, 7) is 5.58. The van der Waals surface area contributed by atoms with Crippen molar-refractivity contribution in [3.05, 3.63) is 0 Å². The van der Waals surface area contributed by atoms with Gasteiger partial charge in [0.1, 0.15) is 12.1 Å². The first-order chi connectivity index (χ1) is 8.84. The first-order valence-electron chi connectivity index (χ1n) is 6.68. The van der Waals surface area contributed by atoms with Crippen LogP contribution < -0.4 is 5.32 Å². The maximum atomic E-state index is 12.1. The second kappa shape index (κ2) is 6.54. The van der Waals surface area contributed by atoms with Gasteiger partial charge in [0.15, 0.2) is 0 Å². The zero-order chi connectivity index (χ0) is 14.6. The Labute approximate surface area is 113 Å². The van der Waals surface area contributed by atoms with Crippen LogP contribution in [0.3, 0.4) is 0 Å². The molecule has 0 aromatic heterocycles. The maximum Gasteiger partial charge on any atom is 0.325 e. The molecule has 1 heterocycles. The predicted molar refractivity (Wildman–Crippen MR) is 69.4 cm³/mol. The topological polar surface area (TPSA) is 86.7 Å². The fourth-order valence-corrected chi connectivity index (χ4v) is 2.17. The molecular formula is C13H22N2O4. The molecular weight excluding hydrogens is 248 g/mol. The number of hydrogen-bond acceptors (Lipinski definition) is 3. The molecule has 1 saturated heterocycles. The van der Waals surface area contributed by atoms with Crippen LogP contribution in [0.15, 0.2) is 0 Å². The molecule has 0 aliphatic carbocycles. The molecule has 19 heavy (non-hydrogen) atoms. The number of nitrogens with zero attached hydrogens (tertiary/aromatic N) is 1. The van der Waals surface area contributed by atoms with Crippen molar-refractivity contribution in [3.8, 4) is 0 Å². The molecule has 0 saturated carbocycles. The van der Waals surface area contributed by atoms with Gasteiger partial charge in [-0.05, 0) is 26.2 Å². The highest BCUT2D eigenvalue weighted by molar-refractivity contribution is 5.90. The first-order valence-corrected chi connectivity index (χ1v) is 6.68. The number of rotatable bonds is 4. The van der Waals surface area contributed by atoms with Crippen molar-refractivity contribution in [3.63, 3.8) is 0 Å². The van der Waals surface area contributed by atoms with Gasteiger partial charge in [-0.3, -0.25) is 14.4 Å². The number of carboxylic acid groups (broad SMARTS) is 1. The fraction of sp³-hybridized carbons (Fsp3) is 0.769. The molecule has 0 aromatic rings. The Kier molecular flexibility index (Phi) is 5.32. The summed E-state index contributed by atoms with van der Waals surface area (Å²) in [5.41, 5.74) is 0. The number of hydrogen-bond donors (Lipinski definition) is 2. The van der Waals surface area contributed by atoms with Gasteiger partial charge in [-0.25, -0.2) is 0 Å². The van der Waals surface area contributed by atoms with E-state index in [1.54, 1.807) is 18.7 Å². The van der Waals surface area contributed by atoms with E-state index in [0.29, 0.717) is 13.0 Å². The van der Waals surface area contributed by atoms with Crippen LogP contribution in [0.1, 0.15) is 40.0 Å². The number of carbonyl (C=O) groups excluding carboxylic acids is 2. The van der Waals surface area contributed by atoms with Gasteiger partial charge in [-0.15, -0.1) is 0 Å². The predicted octanol–water partition coefficient (Wildman–Crippen LogP) is 0.613. The summed E-state index contributed by atoms with van der Waals surface area (Å²) in [5.74, 6) is -1.66. The number of nitrogens with one attached hydrogen (secondary N) is 1. The average Bonchev–Trinajstić information content (AvgIpc) is 2.37. The van der Waals surface area contributed by atoms with E-state index in [4.69, 9.17) is 5.11 Å². The minimum Gasteiger partial charge on any atom is -0.480 e. The van der Waals surface area contributed by atoms with E-state index in [0.717, 1.165) is 12.8 Å². The van der Waals surface area contributed by atoms with Gasteiger partial charge in [0.2, 0.25) is 11.8 Å². The van der Waals surface area contributed by atoms with Crippen LogP contribution in [-0.2, 0) is 14.4 Å². The summed E-state index contributed by atoms with van der Waals surface area (Å²) in [6.07, 6.45) is 2.36. The van der Waals surface area contributed by atoms with Crippen molar-refractivity contribution >= 4 is 17.8 Å². The van der Waals surface area contributed by atoms with Gasteiger partial charge >= 0.3 is 5.97 Å². The number of amides is 2. The summed E-state index contributed by atoms with van der Waals surface area (Å²) in [7, 11) is 0. The first kappa shape index (κ1) is 15.5. The summed E-state index contributed by atoms with van der Waals surface area (Å²) >= 11 is 0. The van der Waals surface area contributed by atoms with Crippen LogP contribution in [0.5, 0.6) is 0 Å². The molecule has 108 valence electrons. The SMILES string of the molecule is CC(C)C(=O)N1CCCCC1C(=O)N[C@@H](C)C(=O)O. The highest BCUT2D eigenvalue weighted by Gasteiger charge is 2.33. The van der Waals surface area contributed by atoms with E-state index >= 15 is 0 Å².